The van der Waals surface area contributed by atoms with Gasteiger partial charge in [-0.05, 0) is 73.9 Å². The second kappa shape index (κ2) is 8.97. The van der Waals surface area contributed by atoms with Gasteiger partial charge in [-0.3, -0.25) is 4.90 Å². The van der Waals surface area contributed by atoms with Crippen molar-refractivity contribution in [2.75, 3.05) is 18.6 Å². The molecule has 7 heteroatoms. The first-order valence-electron chi connectivity index (χ1n) is 9.44. The van der Waals surface area contributed by atoms with E-state index in [-0.39, 0.29) is 6.61 Å². The molecule has 6 nitrogen and oxygen atoms in total. The van der Waals surface area contributed by atoms with Crippen molar-refractivity contribution < 1.29 is 14.3 Å². The number of hydrogen-bond acceptors (Lipinski definition) is 5. The molecule has 0 amide bonds. The fraction of sp³-hybridized carbons (Fsp3) is 0.261. The maximum absolute atomic E-state index is 12.7. The molecule has 0 aromatic heterocycles. The zero-order valence-electron chi connectivity index (χ0n) is 17.4. The van der Waals surface area contributed by atoms with Crippen molar-refractivity contribution >= 4 is 29.0 Å². The Morgan fingerprint density at radius 1 is 1.17 bits per heavy atom. The highest BCUT2D eigenvalue weighted by Gasteiger charge is 2.35. The van der Waals surface area contributed by atoms with Gasteiger partial charge < -0.3 is 14.8 Å². The summed E-state index contributed by atoms with van der Waals surface area (Å²) in [5.74, 6) is 0.155. The monoisotopic (exact) mass is 421 g/mol. The molecule has 0 aliphatic carbocycles. The molecule has 2 aromatic rings. The van der Waals surface area contributed by atoms with Gasteiger partial charge in [0.2, 0.25) is 0 Å². The van der Waals surface area contributed by atoms with Gasteiger partial charge in [-0.25, -0.2) is 4.79 Å². The van der Waals surface area contributed by atoms with Gasteiger partial charge in [-0.15, -0.1) is 0 Å². The van der Waals surface area contributed by atoms with Crippen molar-refractivity contribution in [1.82, 2.24) is 5.32 Å². The van der Waals surface area contributed by atoms with E-state index in [4.69, 9.17) is 27.0 Å². The summed E-state index contributed by atoms with van der Waals surface area (Å²) < 4.78 is 10.4. The number of nitrogens with one attached hydrogen (secondary N) is 1. The quantitative estimate of drug-likeness (QED) is 0.576. The molecule has 3 rings (SSSR count). The van der Waals surface area contributed by atoms with Crippen LogP contribution in [0.15, 0.2) is 53.7 Å². The first kappa shape index (κ1) is 21.3. The smallest absolute Gasteiger partial charge is 0.337 e. The molecule has 1 atom stereocenters. The molecule has 1 aliphatic rings. The Bertz CT molecular complexity index is 1050. The zero-order chi connectivity index (χ0) is 21.8. The lowest BCUT2D eigenvalue weighted by Gasteiger charge is -2.37. The summed E-state index contributed by atoms with van der Waals surface area (Å²) in [6.45, 7) is 5.93. The van der Waals surface area contributed by atoms with E-state index in [9.17, 15) is 4.79 Å². The Kier molecular flexibility index (Phi) is 6.38. The van der Waals surface area contributed by atoms with Crippen LogP contribution in [0.4, 0.5) is 5.69 Å². The third-order valence-corrected chi connectivity index (χ3v) is 5.46. The number of allylic oxidation sites excluding steroid dienone is 1. The molecule has 0 fully saturated rings. The third-order valence-electron chi connectivity index (χ3n) is 5.16. The molecule has 0 bridgehead atoms. The fourth-order valence-electron chi connectivity index (χ4n) is 3.42. The van der Waals surface area contributed by atoms with Crippen LogP contribution in [0.2, 0.25) is 0 Å². The normalized spacial score (nSPS) is 16.0. The van der Waals surface area contributed by atoms with Crippen LogP contribution in [0.25, 0.3) is 0 Å². The fourth-order valence-corrected chi connectivity index (χ4v) is 3.78. The van der Waals surface area contributed by atoms with E-state index < -0.39 is 12.0 Å². The topological polar surface area (TPSA) is 74.6 Å². The highest BCUT2D eigenvalue weighted by molar-refractivity contribution is 7.80. The average Bonchev–Trinajstić information content (AvgIpc) is 2.74. The number of anilines is 1. The lowest BCUT2D eigenvalue weighted by molar-refractivity contribution is -0.136. The number of benzene rings is 2. The van der Waals surface area contributed by atoms with E-state index in [2.05, 4.69) is 12.2 Å². The van der Waals surface area contributed by atoms with E-state index in [0.717, 1.165) is 16.8 Å². The van der Waals surface area contributed by atoms with Crippen molar-refractivity contribution in [3.8, 4) is 11.8 Å². The Balaban J connectivity index is 2.04. The first-order valence-corrected chi connectivity index (χ1v) is 9.85. The molecule has 0 saturated heterocycles. The number of carbonyl (C=O) groups is 1. The SMILES string of the molecule is COC(=O)C1=C(C)N(c2ccc(C)c(C)c2)C(=S)N[C@H]1c1ccc(OCC#N)cc1. The Morgan fingerprint density at radius 3 is 2.47 bits per heavy atom. The molecule has 1 N–H and O–H groups in total. The van der Waals surface area contributed by atoms with Gasteiger partial charge in [-0.1, -0.05) is 18.2 Å². The first-order chi connectivity index (χ1) is 14.4. The largest absolute Gasteiger partial charge is 0.479 e. The van der Waals surface area contributed by atoms with Crippen molar-refractivity contribution in [2.45, 2.75) is 26.8 Å². The summed E-state index contributed by atoms with van der Waals surface area (Å²) in [6.07, 6.45) is 0. The maximum atomic E-state index is 12.7. The number of carbonyl (C=O) groups excluding carboxylic acids is 1. The van der Waals surface area contributed by atoms with Gasteiger partial charge >= 0.3 is 5.97 Å². The number of esters is 1. The number of ether oxygens (including phenoxy) is 2. The number of hydrogen-bond donors (Lipinski definition) is 1. The van der Waals surface area contributed by atoms with Gasteiger partial charge in [0, 0.05) is 11.4 Å². The van der Waals surface area contributed by atoms with E-state index in [1.54, 1.807) is 12.1 Å². The maximum Gasteiger partial charge on any atom is 0.337 e. The second-order valence-corrected chi connectivity index (χ2v) is 7.38. The molecule has 30 heavy (non-hydrogen) atoms. The second-order valence-electron chi connectivity index (χ2n) is 6.99. The number of aryl methyl sites for hydroxylation is 2. The molecule has 2 aromatic carbocycles. The molecule has 1 heterocycles. The van der Waals surface area contributed by atoms with Crippen molar-refractivity contribution in [1.29, 1.82) is 5.26 Å². The third kappa shape index (κ3) is 4.14. The summed E-state index contributed by atoms with van der Waals surface area (Å²) in [6, 6.07) is 14.7. The predicted octanol–water partition coefficient (Wildman–Crippen LogP) is 4.09. The predicted molar refractivity (Wildman–Crippen MR) is 119 cm³/mol. The van der Waals surface area contributed by atoms with Crippen LogP contribution < -0.4 is 15.0 Å². The minimum Gasteiger partial charge on any atom is -0.479 e. The molecule has 1 aliphatic heterocycles. The Labute approximate surface area is 181 Å². The van der Waals surface area contributed by atoms with Crippen LogP contribution in [0, 0.1) is 25.2 Å². The summed E-state index contributed by atoms with van der Waals surface area (Å²) in [4.78, 5) is 14.6. The molecule has 0 spiro atoms. The van der Waals surface area contributed by atoms with Crippen molar-refractivity contribution in [2.24, 2.45) is 0 Å². The van der Waals surface area contributed by atoms with Crippen molar-refractivity contribution in [3.63, 3.8) is 0 Å². The lowest BCUT2D eigenvalue weighted by Crippen LogP contribution is -2.48. The van der Waals surface area contributed by atoms with Gasteiger partial charge in [0.1, 0.15) is 11.8 Å². The van der Waals surface area contributed by atoms with Crippen LogP contribution in [0.1, 0.15) is 29.7 Å². The molecule has 0 unspecified atom stereocenters. The Morgan fingerprint density at radius 2 is 1.87 bits per heavy atom. The number of rotatable bonds is 5. The lowest BCUT2D eigenvalue weighted by atomic mass is 9.94. The van der Waals surface area contributed by atoms with E-state index >= 15 is 0 Å². The van der Waals surface area contributed by atoms with Crippen LogP contribution in [0.5, 0.6) is 5.75 Å². The highest BCUT2D eigenvalue weighted by atomic mass is 32.1. The average molecular weight is 422 g/mol. The van der Waals surface area contributed by atoms with Crippen molar-refractivity contribution in [3.05, 3.63) is 70.4 Å². The van der Waals surface area contributed by atoms with E-state index in [1.165, 1.54) is 12.7 Å². The molecule has 0 radical (unpaired) electrons. The van der Waals surface area contributed by atoms with Crippen LogP contribution in [-0.2, 0) is 9.53 Å². The minimum absolute atomic E-state index is 0.0253. The van der Waals surface area contributed by atoms with E-state index in [0.29, 0.717) is 22.1 Å². The minimum atomic E-state index is -0.460. The summed E-state index contributed by atoms with van der Waals surface area (Å²) in [7, 11) is 1.37. The zero-order valence-corrected chi connectivity index (χ0v) is 18.2. The van der Waals surface area contributed by atoms with Gasteiger partial charge in [-0.2, -0.15) is 5.26 Å². The van der Waals surface area contributed by atoms with Crippen LogP contribution in [-0.4, -0.2) is 24.8 Å². The summed E-state index contributed by atoms with van der Waals surface area (Å²) in [5, 5.41) is 12.4. The van der Waals surface area contributed by atoms with Gasteiger partial charge in [0.05, 0.1) is 18.7 Å². The number of nitrogens with zero attached hydrogens (tertiary/aromatic N) is 2. The van der Waals surface area contributed by atoms with Crippen LogP contribution in [0.3, 0.4) is 0 Å². The molecular weight excluding hydrogens is 398 g/mol. The van der Waals surface area contributed by atoms with E-state index in [1.807, 2.05) is 55.1 Å². The van der Waals surface area contributed by atoms with Crippen LogP contribution >= 0.6 is 12.2 Å². The highest BCUT2D eigenvalue weighted by Crippen LogP contribution is 2.35. The standard InChI is InChI=1S/C23H23N3O3S/c1-14-5-8-18(13-15(14)2)26-16(3)20(22(27)28-4)21(25-23(26)30)17-6-9-19(10-7-17)29-12-11-24/h5-10,13,21H,12H2,1-4H3,(H,25,30)/t21-/m0/s1. The van der Waals surface area contributed by atoms with Gasteiger partial charge in [0.25, 0.3) is 0 Å². The molecule has 0 saturated carbocycles. The summed E-state index contributed by atoms with van der Waals surface area (Å²) in [5.41, 5.74) is 5.23. The number of thiocarbonyl (C=S) groups is 1. The molecular formula is C23H23N3O3S. The van der Waals surface area contributed by atoms with Gasteiger partial charge in [0.15, 0.2) is 11.7 Å². The number of nitriles is 1. The summed E-state index contributed by atoms with van der Waals surface area (Å²) >= 11 is 5.67. The Hall–Kier alpha value is -3.37. The molecule has 154 valence electrons. The number of methoxy groups -OCH3 is 1.